The maximum Gasteiger partial charge on any atom is 0.331 e. The number of anilines is 2. The van der Waals surface area contributed by atoms with E-state index >= 15 is 0 Å². The van der Waals surface area contributed by atoms with E-state index in [1.807, 2.05) is 70.2 Å². The zero-order chi connectivity index (χ0) is 25.0. The minimum atomic E-state index is -0.700. The average Bonchev–Trinajstić information content (AvgIpc) is 3.28. The Hall–Kier alpha value is -3.46. The summed E-state index contributed by atoms with van der Waals surface area (Å²) in [4.78, 5) is 32.6. The number of amides is 1. The van der Waals surface area contributed by atoms with Gasteiger partial charge in [0.2, 0.25) is 0 Å². The number of nitrogens with zero attached hydrogens (tertiary/aromatic N) is 4. The second kappa shape index (κ2) is 10.4. The largest absolute Gasteiger partial charge is 0.458 e. The second-order valence-corrected chi connectivity index (χ2v) is 9.81. The van der Waals surface area contributed by atoms with Gasteiger partial charge in [0.05, 0.1) is 18.4 Å². The molecule has 186 valence electrons. The average molecular weight is 480 g/mol. The minimum Gasteiger partial charge on any atom is -0.458 e. The van der Waals surface area contributed by atoms with Crippen molar-refractivity contribution in [2.45, 2.75) is 58.4 Å². The van der Waals surface area contributed by atoms with Gasteiger partial charge < -0.3 is 19.7 Å². The Balaban J connectivity index is 1.40. The predicted molar refractivity (Wildman–Crippen MR) is 134 cm³/mol. The summed E-state index contributed by atoms with van der Waals surface area (Å²) in [5.74, 6) is 0.169. The first kappa shape index (κ1) is 24.7. The fourth-order valence-corrected chi connectivity index (χ4v) is 4.04. The molecule has 1 saturated heterocycles. The van der Waals surface area contributed by atoms with Crippen LogP contribution < -0.4 is 15.2 Å². The molecule has 0 radical (unpaired) electrons. The van der Waals surface area contributed by atoms with Gasteiger partial charge in [-0.25, -0.2) is 9.78 Å². The van der Waals surface area contributed by atoms with Crippen LogP contribution in [0.4, 0.5) is 11.5 Å². The Morgan fingerprint density at radius 1 is 1.17 bits per heavy atom. The van der Waals surface area contributed by atoms with Crippen molar-refractivity contribution in [1.29, 1.82) is 0 Å². The second-order valence-electron chi connectivity index (χ2n) is 9.81. The Labute approximate surface area is 206 Å². The van der Waals surface area contributed by atoms with E-state index in [0.29, 0.717) is 13.2 Å². The lowest BCUT2D eigenvalue weighted by Crippen LogP contribution is -2.41. The Kier molecular flexibility index (Phi) is 7.35. The minimum absolute atomic E-state index is 0.169. The molecular weight excluding hydrogens is 446 g/mol. The summed E-state index contributed by atoms with van der Waals surface area (Å²) >= 11 is 0. The zero-order valence-electron chi connectivity index (χ0n) is 20.7. The van der Waals surface area contributed by atoms with E-state index in [1.165, 1.54) is 0 Å². The van der Waals surface area contributed by atoms with Gasteiger partial charge in [0, 0.05) is 32.3 Å². The molecule has 3 heterocycles. The van der Waals surface area contributed by atoms with Crippen LogP contribution in [0.3, 0.4) is 0 Å². The summed E-state index contributed by atoms with van der Waals surface area (Å²) < 4.78 is 11.2. The normalized spacial score (nSPS) is 20.4. The predicted octanol–water partition coefficient (Wildman–Crippen LogP) is 2.90. The summed E-state index contributed by atoms with van der Waals surface area (Å²) in [6.45, 7) is 10.1. The van der Waals surface area contributed by atoms with E-state index in [2.05, 4.69) is 20.3 Å². The molecule has 2 atom stereocenters. The maximum atomic E-state index is 12.9. The number of carbonyl (C=O) groups is 2. The van der Waals surface area contributed by atoms with E-state index in [-0.39, 0.29) is 24.1 Å². The molecule has 35 heavy (non-hydrogen) atoms. The molecule has 0 bridgehead atoms. The van der Waals surface area contributed by atoms with Crippen LogP contribution >= 0.6 is 0 Å². The summed E-state index contributed by atoms with van der Waals surface area (Å²) in [6, 6.07) is 12.5. The lowest BCUT2D eigenvalue weighted by atomic mass is 10.1. The van der Waals surface area contributed by atoms with Crippen LogP contribution in [0, 0.1) is 0 Å². The number of nitrogens with one attached hydrogen (secondary N) is 1. The summed E-state index contributed by atoms with van der Waals surface area (Å²) in [5.41, 5.74) is 1.26. The van der Waals surface area contributed by atoms with Gasteiger partial charge in [0.1, 0.15) is 17.1 Å². The number of hydrogen-bond acceptors (Lipinski definition) is 8. The van der Waals surface area contributed by atoms with Gasteiger partial charge in [0.25, 0.3) is 5.91 Å². The highest BCUT2D eigenvalue weighted by Gasteiger charge is 2.38. The van der Waals surface area contributed by atoms with Crippen LogP contribution in [-0.4, -0.2) is 60.0 Å². The SMILES string of the molecule is C[C@H]1CN(c2ccc(CNC(=O)C3=NN(c4ccccc4)[C@H](C(=O)OC(C)(C)C)C3)cn2)CCO1. The van der Waals surface area contributed by atoms with Crippen LogP contribution in [0.25, 0.3) is 0 Å². The van der Waals surface area contributed by atoms with Crippen LogP contribution in [-0.2, 0) is 25.6 Å². The molecule has 0 saturated carbocycles. The number of ether oxygens (including phenoxy) is 2. The van der Waals surface area contributed by atoms with E-state index < -0.39 is 17.6 Å². The molecule has 2 aromatic rings. The van der Waals surface area contributed by atoms with E-state index in [4.69, 9.17) is 9.47 Å². The van der Waals surface area contributed by atoms with Crippen LogP contribution in [0.5, 0.6) is 0 Å². The molecule has 1 fully saturated rings. The van der Waals surface area contributed by atoms with Gasteiger partial charge in [-0.15, -0.1) is 0 Å². The Morgan fingerprint density at radius 2 is 1.94 bits per heavy atom. The lowest BCUT2D eigenvalue weighted by Gasteiger charge is -2.32. The highest BCUT2D eigenvalue weighted by Crippen LogP contribution is 2.26. The molecule has 0 aliphatic carbocycles. The third-order valence-electron chi connectivity index (χ3n) is 5.70. The van der Waals surface area contributed by atoms with Crippen LogP contribution in [0.1, 0.15) is 39.7 Å². The molecular formula is C26H33N5O4. The van der Waals surface area contributed by atoms with Crippen LogP contribution in [0.15, 0.2) is 53.8 Å². The lowest BCUT2D eigenvalue weighted by molar-refractivity contribution is -0.156. The third-order valence-corrected chi connectivity index (χ3v) is 5.70. The molecule has 1 aromatic heterocycles. The number of morpholine rings is 1. The number of pyridine rings is 1. The van der Waals surface area contributed by atoms with Gasteiger partial charge in [-0.05, 0) is 51.5 Å². The topological polar surface area (TPSA) is 96.4 Å². The number of esters is 1. The number of hydrazone groups is 1. The fraction of sp³-hybridized carbons (Fsp3) is 0.462. The number of rotatable bonds is 6. The zero-order valence-corrected chi connectivity index (χ0v) is 20.7. The summed E-state index contributed by atoms with van der Waals surface area (Å²) in [5, 5.41) is 8.97. The van der Waals surface area contributed by atoms with Gasteiger partial charge in [-0.3, -0.25) is 9.80 Å². The molecule has 9 heteroatoms. The fourth-order valence-electron chi connectivity index (χ4n) is 4.04. The highest BCUT2D eigenvalue weighted by molar-refractivity contribution is 6.40. The maximum absolute atomic E-state index is 12.9. The van der Waals surface area contributed by atoms with Crippen LogP contribution in [0.2, 0.25) is 0 Å². The Bertz CT molecular complexity index is 1070. The van der Waals surface area contributed by atoms with Crippen molar-refractivity contribution in [3.63, 3.8) is 0 Å². The number of para-hydroxylation sites is 1. The number of hydrogen-bond donors (Lipinski definition) is 1. The van der Waals surface area contributed by atoms with Crippen molar-refractivity contribution in [3.8, 4) is 0 Å². The van der Waals surface area contributed by atoms with Crippen molar-refractivity contribution in [2.75, 3.05) is 29.6 Å². The van der Waals surface area contributed by atoms with Gasteiger partial charge in [-0.1, -0.05) is 24.3 Å². The third kappa shape index (κ3) is 6.36. The van der Waals surface area contributed by atoms with Crippen molar-refractivity contribution in [1.82, 2.24) is 10.3 Å². The molecule has 2 aliphatic rings. The van der Waals surface area contributed by atoms with E-state index in [9.17, 15) is 9.59 Å². The number of carbonyl (C=O) groups excluding carboxylic acids is 2. The number of benzene rings is 1. The quantitative estimate of drug-likeness (QED) is 0.637. The highest BCUT2D eigenvalue weighted by atomic mass is 16.6. The van der Waals surface area contributed by atoms with Gasteiger partial charge >= 0.3 is 5.97 Å². The number of aromatic nitrogens is 1. The molecule has 2 aliphatic heterocycles. The first-order valence-electron chi connectivity index (χ1n) is 11.9. The molecule has 4 rings (SSSR count). The summed E-state index contributed by atoms with van der Waals surface area (Å²) in [6.07, 6.45) is 2.12. The molecule has 1 aromatic carbocycles. The monoisotopic (exact) mass is 479 g/mol. The van der Waals surface area contributed by atoms with Crippen molar-refractivity contribution in [3.05, 3.63) is 54.2 Å². The molecule has 9 nitrogen and oxygen atoms in total. The molecule has 0 unspecified atom stereocenters. The molecule has 0 spiro atoms. The van der Waals surface area contributed by atoms with Gasteiger partial charge in [0.15, 0.2) is 6.04 Å². The van der Waals surface area contributed by atoms with Gasteiger partial charge in [-0.2, -0.15) is 5.10 Å². The van der Waals surface area contributed by atoms with Crippen molar-refractivity contribution in [2.24, 2.45) is 5.10 Å². The molecule has 1 N–H and O–H groups in total. The first-order valence-corrected chi connectivity index (χ1v) is 11.9. The smallest absolute Gasteiger partial charge is 0.331 e. The van der Waals surface area contributed by atoms with Crippen molar-refractivity contribution >= 4 is 29.1 Å². The summed E-state index contributed by atoms with van der Waals surface area (Å²) in [7, 11) is 0. The van der Waals surface area contributed by atoms with E-state index in [0.717, 1.165) is 30.2 Å². The standard InChI is InChI=1S/C26H33N5O4/c1-18-17-30(12-13-34-18)23-11-10-19(15-27-23)16-28-24(32)21-14-22(25(33)35-26(2,3)4)31(29-21)20-8-6-5-7-9-20/h5-11,15,18,22H,12-14,16-17H2,1-4H3,(H,28,32)/t18-,22-/m0/s1. The van der Waals surface area contributed by atoms with E-state index in [1.54, 1.807) is 11.2 Å². The molecule has 1 amide bonds. The van der Waals surface area contributed by atoms with Crippen molar-refractivity contribution < 1.29 is 19.1 Å². The first-order chi connectivity index (χ1) is 16.7. The Morgan fingerprint density at radius 3 is 2.60 bits per heavy atom.